The lowest BCUT2D eigenvalue weighted by Crippen LogP contribution is -2.06. The Kier molecular flexibility index (Phi) is 3.99. The summed E-state index contributed by atoms with van der Waals surface area (Å²) in [4.78, 5) is 8.70. The minimum atomic E-state index is 0.569. The van der Waals surface area contributed by atoms with Crippen LogP contribution in [0, 0.1) is 13.8 Å². The molecule has 0 unspecified atom stereocenters. The van der Waals surface area contributed by atoms with Crippen LogP contribution in [0.25, 0.3) is 0 Å². The number of anilines is 1. The first-order chi connectivity index (χ1) is 9.13. The summed E-state index contributed by atoms with van der Waals surface area (Å²) in [5, 5.41) is 7.38. The summed E-state index contributed by atoms with van der Waals surface area (Å²) >= 11 is 0. The molecule has 0 radical (unpaired) electrons. The number of nitrogens with zero attached hydrogens (tertiary/aromatic N) is 4. The van der Waals surface area contributed by atoms with Crippen LogP contribution in [-0.2, 0) is 6.54 Å². The highest BCUT2D eigenvalue weighted by Crippen LogP contribution is 2.26. The summed E-state index contributed by atoms with van der Waals surface area (Å²) in [7, 11) is 0. The van der Waals surface area contributed by atoms with Crippen molar-refractivity contribution in [3.8, 4) is 11.6 Å². The van der Waals surface area contributed by atoms with Crippen molar-refractivity contribution in [1.29, 1.82) is 0 Å². The first-order valence-electron chi connectivity index (χ1n) is 6.43. The molecule has 0 aromatic carbocycles. The summed E-state index contributed by atoms with van der Waals surface area (Å²) in [6.45, 7) is 9.47. The average Bonchev–Trinajstić information content (AvgIpc) is 2.83. The number of ether oxygens (including phenoxy) is 1. The van der Waals surface area contributed by atoms with Crippen LogP contribution < -0.4 is 10.1 Å². The van der Waals surface area contributed by atoms with E-state index in [2.05, 4.69) is 20.4 Å². The van der Waals surface area contributed by atoms with Gasteiger partial charge in [-0.15, -0.1) is 0 Å². The molecule has 2 rings (SSSR count). The van der Waals surface area contributed by atoms with Crippen molar-refractivity contribution in [3.05, 3.63) is 23.8 Å². The fraction of sp³-hybridized carbons (Fsp3) is 0.462. The van der Waals surface area contributed by atoms with E-state index < -0.39 is 0 Å². The van der Waals surface area contributed by atoms with Crippen LogP contribution in [0.3, 0.4) is 0 Å². The summed E-state index contributed by atoms with van der Waals surface area (Å²) in [6, 6.07) is 0. The fourth-order valence-electron chi connectivity index (χ4n) is 1.72. The van der Waals surface area contributed by atoms with Crippen LogP contribution in [0.4, 0.5) is 5.82 Å². The van der Waals surface area contributed by atoms with Gasteiger partial charge in [0.15, 0.2) is 5.75 Å². The molecule has 0 aliphatic rings. The van der Waals surface area contributed by atoms with Crippen LogP contribution in [0.1, 0.15) is 25.2 Å². The highest BCUT2D eigenvalue weighted by Gasteiger charge is 2.11. The Morgan fingerprint density at radius 3 is 2.68 bits per heavy atom. The Balaban J connectivity index is 2.28. The van der Waals surface area contributed by atoms with E-state index in [1.54, 1.807) is 6.20 Å². The molecule has 2 aromatic rings. The first-order valence-corrected chi connectivity index (χ1v) is 6.43. The van der Waals surface area contributed by atoms with Crippen molar-refractivity contribution in [1.82, 2.24) is 19.7 Å². The summed E-state index contributed by atoms with van der Waals surface area (Å²) in [6.07, 6.45) is 3.54. The summed E-state index contributed by atoms with van der Waals surface area (Å²) in [5.74, 6) is 2.75. The van der Waals surface area contributed by atoms with Gasteiger partial charge in [0, 0.05) is 13.1 Å². The number of aryl methyl sites for hydroxylation is 2. The highest BCUT2D eigenvalue weighted by atomic mass is 16.5. The maximum Gasteiger partial charge on any atom is 0.227 e. The Bertz CT molecular complexity index is 564. The number of hydrogen-bond donors (Lipinski definition) is 1. The van der Waals surface area contributed by atoms with Crippen LogP contribution in [-0.4, -0.2) is 26.3 Å². The lowest BCUT2D eigenvalue weighted by atomic mass is 10.3. The van der Waals surface area contributed by atoms with E-state index >= 15 is 0 Å². The summed E-state index contributed by atoms with van der Waals surface area (Å²) < 4.78 is 7.59. The Hall–Kier alpha value is -2.11. The zero-order valence-corrected chi connectivity index (χ0v) is 11.8. The molecule has 0 aliphatic heterocycles. The second-order valence-corrected chi connectivity index (χ2v) is 4.21. The van der Waals surface area contributed by atoms with Crippen LogP contribution in [0.5, 0.6) is 11.6 Å². The van der Waals surface area contributed by atoms with Crippen molar-refractivity contribution >= 4 is 5.82 Å². The molecular weight excluding hydrogens is 242 g/mol. The third kappa shape index (κ3) is 3.01. The summed E-state index contributed by atoms with van der Waals surface area (Å²) in [5.41, 5.74) is 0.900. The van der Waals surface area contributed by atoms with Gasteiger partial charge in [0.2, 0.25) is 5.88 Å². The molecule has 2 aromatic heterocycles. The topological polar surface area (TPSA) is 64.9 Å². The van der Waals surface area contributed by atoms with Crippen molar-refractivity contribution in [3.63, 3.8) is 0 Å². The Labute approximate surface area is 112 Å². The van der Waals surface area contributed by atoms with Gasteiger partial charge in [-0.3, -0.25) is 4.68 Å². The molecule has 0 amide bonds. The van der Waals surface area contributed by atoms with Gasteiger partial charge < -0.3 is 10.1 Å². The van der Waals surface area contributed by atoms with Crippen molar-refractivity contribution in [2.45, 2.75) is 34.2 Å². The third-order valence-electron chi connectivity index (χ3n) is 2.71. The Morgan fingerprint density at radius 1 is 1.26 bits per heavy atom. The average molecular weight is 261 g/mol. The Morgan fingerprint density at radius 2 is 2.05 bits per heavy atom. The molecule has 0 aliphatic carbocycles. The lowest BCUT2D eigenvalue weighted by molar-refractivity contribution is 0.455. The molecule has 0 spiro atoms. The smallest absolute Gasteiger partial charge is 0.227 e. The van der Waals surface area contributed by atoms with Crippen molar-refractivity contribution in [2.24, 2.45) is 0 Å². The van der Waals surface area contributed by atoms with Gasteiger partial charge in [0.05, 0.1) is 18.0 Å². The van der Waals surface area contributed by atoms with Gasteiger partial charge in [0.1, 0.15) is 11.6 Å². The van der Waals surface area contributed by atoms with Gasteiger partial charge in [-0.25, -0.2) is 4.98 Å². The maximum atomic E-state index is 5.79. The minimum absolute atomic E-state index is 0.569. The molecule has 6 nitrogen and oxygen atoms in total. The zero-order valence-electron chi connectivity index (χ0n) is 11.8. The van der Waals surface area contributed by atoms with E-state index in [1.165, 1.54) is 0 Å². The minimum Gasteiger partial charge on any atom is -0.435 e. The quantitative estimate of drug-likeness (QED) is 0.896. The highest BCUT2D eigenvalue weighted by molar-refractivity contribution is 5.49. The third-order valence-corrected chi connectivity index (χ3v) is 2.71. The van der Waals surface area contributed by atoms with Crippen LogP contribution in [0.2, 0.25) is 0 Å². The second kappa shape index (κ2) is 5.69. The molecule has 0 bridgehead atoms. The second-order valence-electron chi connectivity index (χ2n) is 4.21. The predicted octanol–water partition coefficient (Wildman–Crippen LogP) is 2.53. The van der Waals surface area contributed by atoms with E-state index in [1.807, 2.05) is 38.6 Å². The fourth-order valence-corrected chi connectivity index (χ4v) is 1.72. The van der Waals surface area contributed by atoms with Gasteiger partial charge >= 0.3 is 0 Å². The molecule has 1 N–H and O–H groups in total. The zero-order chi connectivity index (χ0) is 13.8. The van der Waals surface area contributed by atoms with Gasteiger partial charge in [-0.1, -0.05) is 0 Å². The monoisotopic (exact) mass is 261 g/mol. The number of aromatic nitrogens is 4. The number of hydrogen-bond acceptors (Lipinski definition) is 5. The van der Waals surface area contributed by atoms with E-state index in [-0.39, 0.29) is 0 Å². The maximum absolute atomic E-state index is 5.79. The first kappa shape index (κ1) is 13.3. The normalized spacial score (nSPS) is 10.5. The standard InChI is InChI=1S/C13H19N5O/c1-5-14-12-9(3)13(17-10(4)16-12)19-11-7-15-18(6-2)8-11/h7-8H,5-6H2,1-4H3,(H,14,16,17). The molecule has 6 heteroatoms. The molecule has 2 heterocycles. The van der Waals surface area contributed by atoms with E-state index in [9.17, 15) is 0 Å². The van der Waals surface area contributed by atoms with Gasteiger partial charge in [-0.05, 0) is 27.7 Å². The van der Waals surface area contributed by atoms with E-state index in [4.69, 9.17) is 4.74 Å². The molecule has 0 fully saturated rings. The van der Waals surface area contributed by atoms with Crippen LogP contribution in [0.15, 0.2) is 12.4 Å². The molecular formula is C13H19N5O. The van der Waals surface area contributed by atoms with Gasteiger partial charge in [-0.2, -0.15) is 10.1 Å². The molecule has 19 heavy (non-hydrogen) atoms. The van der Waals surface area contributed by atoms with Crippen molar-refractivity contribution in [2.75, 3.05) is 11.9 Å². The van der Waals surface area contributed by atoms with Gasteiger partial charge in [0.25, 0.3) is 0 Å². The van der Waals surface area contributed by atoms with Crippen LogP contribution >= 0.6 is 0 Å². The SMILES string of the molecule is CCNc1nc(C)nc(Oc2cnn(CC)c2)c1C. The molecule has 0 saturated heterocycles. The number of nitrogens with one attached hydrogen (secondary N) is 1. The largest absolute Gasteiger partial charge is 0.435 e. The van der Waals surface area contributed by atoms with Crippen molar-refractivity contribution < 1.29 is 4.74 Å². The van der Waals surface area contributed by atoms with E-state index in [0.717, 1.165) is 24.5 Å². The molecule has 0 saturated carbocycles. The molecule has 102 valence electrons. The predicted molar refractivity (Wildman–Crippen MR) is 73.6 cm³/mol. The van der Waals surface area contributed by atoms with E-state index in [0.29, 0.717) is 17.5 Å². The molecule has 0 atom stereocenters. The lowest BCUT2D eigenvalue weighted by Gasteiger charge is -2.11. The number of rotatable bonds is 5.